The number of nitrogens with one attached hydrogen (secondary N) is 1. The van der Waals surface area contributed by atoms with Crippen molar-refractivity contribution in [3.8, 4) is 11.4 Å². The van der Waals surface area contributed by atoms with Gasteiger partial charge in [0.05, 0.1) is 0 Å². The van der Waals surface area contributed by atoms with Gasteiger partial charge in [-0.05, 0) is 30.8 Å². The molecule has 1 saturated heterocycles. The van der Waals surface area contributed by atoms with Gasteiger partial charge in [-0.1, -0.05) is 30.3 Å². The van der Waals surface area contributed by atoms with Crippen LogP contribution >= 0.6 is 24.0 Å². The lowest BCUT2D eigenvalue weighted by Crippen LogP contribution is -2.11. The summed E-state index contributed by atoms with van der Waals surface area (Å²) in [5.74, 6) is 2.23. The zero-order valence-electron chi connectivity index (χ0n) is 10.0. The SMILES string of the molecule is S=c1[nH]nc(-c2ccccc2)n1CC1CCCS1. The Morgan fingerprint density at radius 3 is 2.94 bits per heavy atom. The highest BCUT2D eigenvalue weighted by Crippen LogP contribution is 2.28. The maximum atomic E-state index is 5.34. The molecule has 0 radical (unpaired) electrons. The van der Waals surface area contributed by atoms with Crippen LogP contribution in [0.2, 0.25) is 0 Å². The lowest BCUT2D eigenvalue weighted by molar-refractivity contribution is 0.635. The standard InChI is InChI=1S/C13H15N3S2/c17-13-15-14-12(10-5-2-1-3-6-10)16(13)9-11-7-4-8-18-11/h1-3,5-6,11H,4,7-9H2,(H,15,17). The van der Waals surface area contributed by atoms with Gasteiger partial charge in [0.25, 0.3) is 0 Å². The number of hydrogen-bond acceptors (Lipinski definition) is 3. The Morgan fingerprint density at radius 2 is 2.22 bits per heavy atom. The third-order valence-corrected chi connectivity index (χ3v) is 4.89. The Morgan fingerprint density at radius 1 is 1.39 bits per heavy atom. The summed E-state index contributed by atoms with van der Waals surface area (Å²) in [5, 5.41) is 7.96. The molecule has 0 bridgehead atoms. The van der Waals surface area contributed by atoms with E-state index in [1.165, 1.54) is 18.6 Å². The second kappa shape index (κ2) is 5.28. The van der Waals surface area contributed by atoms with Gasteiger partial charge in [0.2, 0.25) is 0 Å². The maximum absolute atomic E-state index is 5.34. The van der Waals surface area contributed by atoms with Gasteiger partial charge in [-0.3, -0.25) is 9.67 Å². The molecule has 94 valence electrons. The number of benzene rings is 1. The van der Waals surface area contributed by atoms with Gasteiger partial charge in [-0.25, -0.2) is 0 Å². The molecule has 1 atom stereocenters. The first kappa shape index (κ1) is 12.0. The molecule has 1 aliphatic rings. The molecule has 18 heavy (non-hydrogen) atoms. The van der Waals surface area contributed by atoms with Crippen LogP contribution < -0.4 is 0 Å². The van der Waals surface area contributed by atoms with Gasteiger partial charge in [-0.15, -0.1) is 0 Å². The largest absolute Gasteiger partial charge is 0.299 e. The highest BCUT2D eigenvalue weighted by atomic mass is 32.2. The third-order valence-electron chi connectivity index (χ3n) is 3.20. The Balaban J connectivity index is 1.93. The summed E-state index contributed by atoms with van der Waals surface area (Å²) in [6.45, 7) is 0.963. The molecule has 0 amide bonds. The molecule has 0 aliphatic carbocycles. The number of H-pyrrole nitrogens is 1. The van der Waals surface area contributed by atoms with Crippen molar-refractivity contribution in [3.05, 3.63) is 35.1 Å². The van der Waals surface area contributed by atoms with Gasteiger partial charge < -0.3 is 0 Å². The highest BCUT2D eigenvalue weighted by molar-refractivity contribution is 8.00. The summed E-state index contributed by atoms with van der Waals surface area (Å²) in [4.78, 5) is 0. The number of nitrogens with zero attached hydrogens (tertiary/aromatic N) is 2. The van der Waals surface area contributed by atoms with Crippen LogP contribution in [0.15, 0.2) is 30.3 Å². The summed E-state index contributed by atoms with van der Waals surface area (Å²) >= 11 is 7.39. The molecule has 3 nitrogen and oxygen atoms in total. The van der Waals surface area contributed by atoms with Gasteiger partial charge in [0.1, 0.15) is 0 Å². The first-order valence-electron chi connectivity index (χ1n) is 6.17. The van der Waals surface area contributed by atoms with E-state index in [1.54, 1.807) is 0 Å². The fourth-order valence-corrected chi connectivity index (χ4v) is 3.75. The number of aromatic amines is 1. The van der Waals surface area contributed by atoms with E-state index in [4.69, 9.17) is 12.2 Å². The van der Waals surface area contributed by atoms with Gasteiger partial charge in [0, 0.05) is 17.4 Å². The van der Waals surface area contributed by atoms with Crippen molar-refractivity contribution < 1.29 is 0 Å². The number of thioether (sulfide) groups is 1. The molecule has 1 aliphatic heterocycles. The monoisotopic (exact) mass is 277 g/mol. The predicted octanol–water partition coefficient (Wildman–Crippen LogP) is 3.50. The van der Waals surface area contributed by atoms with Gasteiger partial charge in [0.15, 0.2) is 10.6 Å². The lowest BCUT2D eigenvalue weighted by Gasteiger charge is -2.11. The van der Waals surface area contributed by atoms with E-state index < -0.39 is 0 Å². The maximum Gasteiger partial charge on any atom is 0.195 e. The van der Waals surface area contributed by atoms with E-state index in [1.807, 2.05) is 30.0 Å². The van der Waals surface area contributed by atoms with Crippen molar-refractivity contribution in [2.45, 2.75) is 24.6 Å². The number of aromatic nitrogens is 3. The Kier molecular flexibility index (Phi) is 3.52. The average molecular weight is 277 g/mol. The summed E-state index contributed by atoms with van der Waals surface area (Å²) in [7, 11) is 0. The fraction of sp³-hybridized carbons (Fsp3) is 0.385. The molecule has 2 aromatic rings. The molecule has 3 rings (SSSR count). The summed E-state index contributed by atoms with van der Waals surface area (Å²) in [6, 6.07) is 10.2. The van der Waals surface area contributed by atoms with E-state index in [0.717, 1.165) is 22.7 Å². The first-order chi connectivity index (χ1) is 8.84. The lowest BCUT2D eigenvalue weighted by atomic mass is 10.2. The number of hydrogen-bond donors (Lipinski definition) is 1. The predicted molar refractivity (Wildman–Crippen MR) is 78.3 cm³/mol. The molecule has 0 saturated carbocycles. The third kappa shape index (κ3) is 2.37. The van der Waals surface area contributed by atoms with Crippen molar-refractivity contribution in [2.24, 2.45) is 0 Å². The topological polar surface area (TPSA) is 33.6 Å². The summed E-state index contributed by atoms with van der Waals surface area (Å²) < 4.78 is 2.86. The van der Waals surface area contributed by atoms with Crippen molar-refractivity contribution in [1.29, 1.82) is 0 Å². The van der Waals surface area contributed by atoms with Crippen molar-refractivity contribution in [1.82, 2.24) is 14.8 Å². The molecule has 1 aromatic heterocycles. The molecule has 1 aromatic carbocycles. The molecule has 2 heterocycles. The van der Waals surface area contributed by atoms with Crippen LogP contribution in [-0.2, 0) is 6.54 Å². The zero-order chi connectivity index (χ0) is 12.4. The van der Waals surface area contributed by atoms with E-state index in [2.05, 4.69) is 26.9 Å². The number of rotatable bonds is 3. The van der Waals surface area contributed by atoms with Crippen LogP contribution in [0.4, 0.5) is 0 Å². The zero-order valence-corrected chi connectivity index (χ0v) is 11.6. The second-order valence-electron chi connectivity index (χ2n) is 4.46. The normalized spacial score (nSPS) is 19.2. The molecule has 0 spiro atoms. The van der Waals surface area contributed by atoms with Crippen molar-refractivity contribution in [2.75, 3.05) is 5.75 Å². The van der Waals surface area contributed by atoms with E-state index in [0.29, 0.717) is 5.25 Å². The Labute approximate surface area is 116 Å². The Hall–Kier alpha value is -1.07. The molecular formula is C13H15N3S2. The van der Waals surface area contributed by atoms with Crippen LogP contribution in [0, 0.1) is 4.77 Å². The smallest absolute Gasteiger partial charge is 0.195 e. The van der Waals surface area contributed by atoms with E-state index >= 15 is 0 Å². The van der Waals surface area contributed by atoms with Crippen LogP contribution in [0.5, 0.6) is 0 Å². The average Bonchev–Trinajstić information content (AvgIpc) is 3.03. The van der Waals surface area contributed by atoms with Crippen molar-refractivity contribution in [3.63, 3.8) is 0 Å². The van der Waals surface area contributed by atoms with Crippen LogP contribution in [-0.4, -0.2) is 25.8 Å². The molecule has 5 heteroatoms. The van der Waals surface area contributed by atoms with Gasteiger partial charge in [-0.2, -0.15) is 16.9 Å². The van der Waals surface area contributed by atoms with Crippen LogP contribution in [0.1, 0.15) is 12.8 Å². The molecule has 1 fully saturated rings. The van der Waals surface area contributed by atoms with Gasteiger partial charge >= 0.3 is 0 Å². The second-order valence-corrected chi connectivity index (χ2v) is 6.26. The minimum Gasteiger partial charge on any atom is -0.299 e. The van der Waals surface area contributed by atoms with Crippen molar-refractivity contribution >= 4 is 24.0 Å². The highest BCUT2D eigenvalue weighted by Gasteiger charge is 2.18. The first-order valence-corrected chi connectivity index (χ1v) is 7.62. The molecular weight excluding hydrogens is 262 g/mol. The van der Waals surface area contributed by atoms with Crippen LogP contribution in [0.3, 0.4) is 0 Å². The summed E-state index contributed by atoms with van der Waals surface area (Å²) in [5.41, 5.74) is 1.12. The molecule has 1 unspecified atom stereocenters. The van der Waals surface area contributed by atoms with Crippen LogP contribution in [0.25, 0.3) is 11.4 Å². The minimum atomic E-state index is 0.678. The Bertz CT molecular complexity index is 567. The fourth-order valence-electron chi connectivity index (χ4n) is 2.29. The quantitative estimate of drug-likeness (QED) is 0.872. The molecule has 1 N–H and O–H groups in total. The summed E-state index contributed by atoms with van der Waals surface area (Å²) in [6.07, 6.45) is 2.60. The van der Waals surface area contributed by atoms with E-state index in [-0.39, 0.29) is 0 Å². The minimum absolute atomic E-state index is 0.678. The van der Waals surface area contributed by atoms with E-state index in [9.17, 15) is 0 Å².